The molecule has 0 saturated carbocycles. The van der Waals surface area contributed by atoms with Crippen LogP contribution >= 0.6 is 23.2 Å². The SMILES string of the molecule is CCCc1cc2c(OC)c(Cl)cc(OC)c2nc1Cl. The maximum atomic E-state index is 6.21. The number of halogens is 2. The van der Waals surface area contributed by atoms with Crippen molar-refractivity contribution in [2.45, 2.75) is 19.8 Å². The average molecular weight is 300 g/mol. The zero-order chi connectivity index (χ0) is 14.0. The van der Waals surface area contributed by atoms with Gasteiger partial charge in [-0.3, -0.25) is 0 Å². The third-order valence-corrected chi connectivity index (χ3v) is 3.55. The summed E-state index contributed by atoms with van der Waals surface area (Å²) in [5.74, 6) is 1.18. The highest BCUT2D eigenvalue weighted by atomic mass is 35.5. The minimum atomic E-state index is 0.497. The molecule has 0 aliphatic rings. The standard InChI is InChI=1S/C14H15Cl2NO2/c1-4-5-8-6-9-12(17-14(8)16)11(18-2)7-10(15)13(9)19-3/h6-7H,4-5H2,1-3H3. The van der Waals surface area contributed by atoms with Crippen molar-refractivity contribution in [2.75, 3.05) is 14.2 Å². The Morgan fingerprint density at radius 2 is 1.89 bits per heavy atom. The molecule has 0 saturated heterocycles. The monoisotopic (exact) mass is 299 g/mol. The molecule has 0 amide bonds. The van der Waals surface area contributed by atoms with Crippen LogP contribution in [0.1, 0.15) is 18.9 Å². The van der Waals surface area contributed by atoms with Gasteiger partial charge in [0.25, 0.3) is 0 Å². The molecule has 0 radical (unpaired) electrons. The molecule has 0 bridgehead atoms. The summed E-state index contributed by atoms with van der Waals surface area (Å²) in [6.45, 7) is 2.09. The summed E-state index contributed by atoms with van der Waals surface area (Å²) in [7, 11) is 3.16. The van der Waals surface area contributed by atoms with E-state index in [1.165, 1.54) is 0 Å². The van der Waals surface area contributed by atoms with Crippen LogP contribution in [0.2, 0.25) is 10.2 Å². The van der Waals surface area contributed by atoms with E-state index < -0.39 is 0 Å². The van der Waals surface area contributed by atoms with Crippen molar-refractivity contribution < 1.29 is 9.47 Å². The second-order valence-corrected chi connectivity index (χ2v) is 4.94. The van der Waals surface area contributed by atoms with Gasteiger partial charge in [0, 0.05) is 11.5 Å². The molecule has 2 aromatic rings. The quantitative estimate of drug-likeness (QED) is 0.778. The fourth-order valence-electron chi connectivity index (χ4n) is 2.08. The fourth-order valence-corrected chi connectivity index (χ4v) is 2.59. The summed E-state index contributed by atoms with van der Waals surface area (Å²) in [6.07, 6.45) is 1.85. The summed E-state index contributed by atoms with van der Waals surface area (Å²) in [4.78, 5) is 4.42. The second kappa shape index (κ2) is 5.85. The van der Waals surface area contributed by atoms with Crippen molar-refractivity contribution in [1.29, 1.82) is 0 Å². The van der Waals surface area contributed by atoms with Crippen LogP contribution in [0.15, 0.2) is 12.1 Å². The number of fused-ring (bicyclic) bond motifs is 1. The van der Waals surface area contributed by atoms with Gasteiger partial charge in [-0.25, -0.2) is 4.98 Å². The molecule has 19 heavy (non-hydrogen) atoms. The first-order chi connectivity index (χ1) is 9.12. The lowest BCUT2D eigenvalue weighted by molar-refractivity contribution is 0.410. The molecule has 0 unspecified atom stereocenters. The summed E-state index contributed by atoms with van der Waals surface area (Å²) in [6, 6.07) is 3.66. The van der Waals surface area contributed by atoms with E-state index in [-0.39, 0.29) is 0 Å². The number of rotatable bonds is 4. The number of aromatic nitrogens is 1. The Kier molecular flexibility index (Phi) is 4.38. The third-order valence-electron chi connectivity index (χ3n) is 2.94. The summed E-state index contributed by atoms with van der Waals surface area (Å²) in [5, 5.41) is 1.81. The number of hydrogen-bond acceptors (Lipinski definition) is 3. The van der Waals surface area contributed by atoms with Crippen molar-refractivity contribution in [3.63, 3.8) is 0 Å². The van der Waals surface area contributed by atoms with E-state index in [0.717, 1.165) is 23.8 Å². The number of hydrogen-bond donors (Lipinski definition) is 0. The molecule has 0 spiro atoms. The predicted octanol–water partition coefficient (Wildman–Crippen LogP) is 4.51. The maximum Gasteiger partial charge on any atom is 0.147 e. The van der Waals surface area contributed by atoms with Gasteiger partial charge >= 0.3 is 0 Å². The van der Waals surface area contributed by atoms with E-state index in [1.807, 2.05) is 6.07 Å². The lowest BCUT2D eigenvalue weighted by Gasteiger charge is -2.13. The van der Waals surface area contributed by atoms with E-state index in [1.54, 1.807) is 20.3 Å². The van der Waals surface area contributed by atoms with Crippen LogP contribution in [0.3, 0.4) is 0 Å². The topological polar surface area (TPSA) is 31.4 Å². The van der Waals surface area contributed by atoms with Gasteiger partial charge in [-0.05, 0) is 18.1 Å². The van der Waals surface area contributed by atoms with Gasteiger partial charge in [0.15, 0.2) is 0 Å². The molecule has 0 aliphatic carbocycles. The predicted molar refractivity (Wildman–Crippen MR) is 78.9 cm³/mol. The fraction of sp³-hybridized carbons (Fsp3) is 0.357. The van der Waals surface area contributed by atoms with Crippen LogP contribution in [-0.2, 0) is 6.42 Å². The van der Waals surface area contributed by atoms with Gasteiger partial charge in [0.1, 0.15) is 22.2 Å². The maximum absolute atomic E-state index is 6.21. The van der Waals surface area contributed by atoms with Crippen molar-refractivity contribution in [3.05, 3.63) is 27.9 Å². The van der Waals surface area contributed by atoms with E-state index in [2.05, 4.69) is 11.9 Å². The molecule has 0 atom stereocenters. The van der Waals surface area contributed by atoms with Crippen molar-refractivity contribution in [2.24, 2.45) is 0 Å². The zero-order valence-corrected chi connectivity index (χ0v) is 12.6. The van der Waals surface area contributed by atoms with Crippen LogP contribution < -0.4 is 9.47 Å². The van der Waals surface area contributed by atoms with Crippen LogP contribution in [0.4, 0.5) is 0 Å². The van der Waals surface area contributed by atoms with Crippen molar-refractivity contribution in [1.82, 2.24) is 4.98 Å². The first-order valence-electron chi connectivity index (χ1n) is 6.02. The molecule has 102 valence electrons. The Balaban J connectivity index is 2.80. The van der Waals surface area contributed by atoms with Gasteiger partial charge in [0.2, 0.25) is 0 Å². The normalized spacial score (nSPS) is 10.8. The summed E-state index contributed by atoms with van der Waals surface area (Å²) < 4.78 is 10.7. The number of methoxy groups -OCH3 is 2. The molecule has 0 fully saturated rings. The molecule has 0 N–H and O–H groups in total. The van der Waals surface area contributed by atoms with E-state index in [0.29, 0.717) is 27.2 Å². The number of aryl methyl sites for hydroxylation is 1. The van der Waals surface area contributed by atoms with Crippen molar-refractivity contribution in [3.8, 4) is 11.5 Å². The molecule has 1 aromatic carbocycles. The average Bonchev–Trinajstić information content (AvgIpc) is 2.40. The van der Waals surface area contributed by atoms with E-state index >= 15 is 0 Å². The Morgan fingerprint density at radius 3 is 2.47 bits per heavy atom. The molecule has 0 aliphatic heterocycles. The van der Waals surface area contributed by atoms with E-state index in [9.17, 15) is 0 Å². The van der Waals surface area contributed by atoms with Crippen molar-refractivity contribution >= 4 is 34.1 Å². The minimum absolute atomic E-state index is 0.497. The Bertz CT molecular complexity index is 614. The molecule has 3 nitrogen and oxygen atoms in total. The third kappa shape index (κ3) is 2.58. The van der Waals surface area contributed by atoms with E-state index in [4.69, 9.17) is 32.7 Å². The molecule has 5 heteroatoms. The Hall–Kier alpha value is -1.19. The highest BCUT2D eigenvalue weighted by molar-refractivity contribution is 6.34. The second-order valence-electron chi connectivity index (χ2n) is 4.18. The highest BCUT2D eigenvalue weighted by Gasteiger charge is 2.16. The largest absolute Gasteiger partial charge is 0.494 e. The van der Waals surface area contributed by atoms with Gasteiger partial charge in [0.05, 0.1) is 19.2 Å². The summed E-state index contributed by atoms with van der Waals surface area (Å²) in [5.41, 5.74) is 1.65. The highest BCUT2D eigenvalue weighted by Crippen LogP contribution is 2.40. The Labute approximate surface area is 122 Å². The van der Waals surface area contributed by atoms with Gasteiger partial charge < -0.3 is 9.47 Å². The molecular formula is C14H15Cl2NO2. The zero-order valence-electron chi connectivity index (χ0n) is 11.1. The van der Waals surface area contributed by atoms with Crippen LogP contribution in [0, 0.1) is 0 Å². The number of nitrogens with zero attached hydrogens (tertiary/aromatic N) is 1. The molecule has 2 rings (SSSR count). The number of ether oxygens (including phenoxy) is 2. The smallest absolute Gasteiger partial charge is 0.147 e. The van der Waals surface area contributed by atoms with Gasteiger partial charge in [-0.15, -0.1) is 0 Å². The molecular weight excluding hydrogens is 285 g/mol. The number of benzene rings is 1. The first kappa shape index (κ1) is 14.2. The van der Waals surface area contributed by atoms with Crippen LogP contribution in [-0.4, -0.2) is 19.2 Å². The van der Waals surface area contributed by atoms with Gasteiger partial charge in [-0.2, -0.15) is 0 Å². The lowest BCUT2D eigenvalue weighted by atomic mass is 10.1. The Morgan fingerprint density at radius 1 is 1.16 bits per heavy atom. The molecule has 1 heterocycles. The van der Waals surface area contributed by atoms with Gasteiger partial charge in [-0.1, -0.05) is 36.5 Å². The minimum Gasteiger partial charge on any atom is -0.494 e. The lowest BCUT2D eigenvalue weighted by Crippen LogP contribution is -1.96. The van der Waals surface area contributed by atoms with Crippen LogP contribution in [0.25, 0.3) is 10.9 Å². The first-order valence-corrected chi connectivity index (χ1v) is 6.77. The van der Waals surface area contributed by atoms with Crippen LogP contribution in [0.5, 0.6) is 11.5 Å². The molecule has 1 aromatic heterocycles. The number of pyridine rings is 1. The summed E-state index contributed by atoms with van der Waals surface area (Å²) >= 11 is 12.4.